The molecule has 0 spiro atoms. The normalized spacial score (nSPS) is 13.3. The summed E-state index contributed by atoms with van der Waals surface area (Å²) in [5, 5.41) is 2.82. The number of oxazole rings is 1. The molecule has 2 aromatic rings. The van der Waals surface area contributed by atoms with Crippen molar-refractivity contribution in [2.75, 3.05) is 5.32 Å². The summed E-state index contributed by atoms with van der Waals surface area (Å²) in [6.07, 6.45) is -1.73. The number of aryl methyl sites for hydroxylation is 1. The van der Waals surface area contributed by atoms with Gasteiger partial charge in [0.15, 0.2) is 0 Å². The summed E-state index contributed by atoms with van der Waals surface area (Å²) in [6, 6.07) is 1.50. The first-order chi connectivity index (χ1) is 8.86. The van der Waals surface area contributed by atoms with Crippen molar-refractivity contribution in [1.29, 1.82) is 0 Å². The lowest BCUT2D eigenvalue weighted by atomic mass is 10.2. The maximum atomic E-state index is 12.5. The number of hydrogen-bond acceptors (Lipinski definition) is 4. The highest BCUT2D eigenvalue weighted by atomic mass is 19.4. The Bertz CT molecular complexity index is 565. The molecule has 0 aliphatic carbocycles. The number of hydrogen-bond donors (Lipinski definition) is 1. The number of alkyl halides is 3. The third kappa shape index (κ3) is 3.24. The van der Waals surface area contributed by atoms with Gasteiger partial charge in [-0.15, -0.1) is 0 Å². The van der Waals surface area contributed by atoms with E-state index in [1.54, 1.807) is 20.0 Å². The molecule has 1 N–H and O–H groups in total. The highest BCUT2D eigenvalue weighted by Gasteiger charge is 2.30. The SMILES string of the molecule is Cc1cnc(C(C)Nc2cc(C(F)(F)F)ccn2)o1. The number of nitrogens with zero attached hydrogens (tertiary/aromatic N) is 2. The zero-order valence-electron chi connectivity index (χ0n) is 10.3. The van der Waals surface area contributed by atoms with Crippen LogP contribution >= 0.6 is 0 Å². The van der Waals surface area contributed by atoms with Crippen LogP contribution in [0, 0.1) is 6.92 Å². The topological polar surface area (TPSA) is 51.0 Å². The fourth-order valence-electron chi connectivity index (χ4n) is 1.54. The summed E-state index contributed by atoms with van der Waals surface area (Å²) >= 11 is 0. The van der Waals surface area contributed by atoms with Gasteiger partial charge in [-0.05, 0) is 26.0 Å². The van der Waals surface area contributed by atoms with E-state index in [2.05, 4.69) is 15.3 Å². The van der Waals surface area contributed by atoms with Gasteiger partial charge in [-0.2, -0.15) is 13.2 Å². The number of aromatic nitrogens is 2. The Hall–Kier alpha value is -2.05. The second-order valence-corrected chi connectivity index (χ2v) is 4.10. The largest absolute Gasteiger partial charge is 0.444 e. The van der Waals surface area contributed by atoms with Gasteiger partial charge < -0.3 is 9.73 Å². The molecule has 0 bridgehead atoms. The molecule has 7 heteroatoms. The van der Waals surface area contributed by atoms with Crippen LogP contribution in [0.3, 0.4) is 0 Å². The molecule has 0 aliphatic heterocycles. The molecule has 0 amide bonds. The number of halogens is 3. The van der Waals surface area contributed by atoms with E-state index in [1.165, 1.54) is 0 Å². The molecule has 0 aliphatic rings. The molecule has 19 heavy (non-hydrogen) atoms. The third-order valence-corrected chi connectivity index (χ3v) is 2.46. The Kier molecular flexibility index (Phi) is 3.46. The summed E-state index contributed by atoms with van der Waals surface area (Å²) in [4.78, 5) is 7.85. The van der Waals surface area contributed by atoms with E-state index in [0.717, 1.165) is 18.3 Å². The summed E-state index contributed by atoms with van der Waals surface area (Å²) in [6.45, 7) is 3.47. The molecule has 0 fully saturated rings. The highest BCUT2D eigenvalue weighted by molar-refractivity contribution is 5.39. The summed E-state index contributed by atoms with van der Waals surface area (Å²) in [5.74, 6) is 1.16. The van der Waals surface area contributed by atoms with Gasteiger partial charge >= 0.3 is 6.18 Å². The molecular formula is C12H12F3N3O. The minimum absolute atomic E-state index is 0.123. The molecular weight excluding hydrogens is 259 g/mol. The van der Waals surface area contributed by atoms with Gasteiger partial charge in [0, 0.05) is 6.20 Å². The van der Waals surface area contributed by atoms with Crippen LogP contribution in [-0.4, -0.2) is 9.97 Å². The van der Waals surface area contributed by atoms with Crippen molar-refractivity contribution in [3.63, 3.8) is 0 Å². The first-order valence-corrected chi connectivity index (χ1v) is 5.58. The number of nitrogens with one attached hydrogen (secondary N) is 1. The van der Waals surface area contributed by atoms with E-state index in [9.17, 15) is 13.2 Å². The maximum absolute atomic E-state index is 12.5. The van der Waals surface area contributed by atoms with Crippen LogP contribution in [-0.2, 0) is 6.18 Å². The van der Waals surface area contributed by atoms with Gasteiger partial charge in [0.05, 0.1) is 11.8 Å². The maximum Gasteiger partial charge on any atom is 0.416 e. The lowest BCUT2D eigenvalue weighted by Crippen LogP contribution is -2.10. The quantitative estimate of drug-likeness (QED) is 0.927. The third-order valence-electron chi connectivity index (χ3n) is 2.46. The van der Waals surface area contributed by atoms with Gasteiger partial charge in [0.25, 0.3) is 0 Å². The predicted molar refractivity (Wildman–Crippen MR) is 62.5 cm³/mol. The van der Waals surface area contributed by atoms with Crippen LogP contribution in [0.1, 0.15) is 30.2 Å². The monoisotopic (exact) mass is 271 g/mol. The predicted octanol–water partition coefficient (Wildman–Crippen LogP) is 3.57. The average Bonchev–Trinajstić information content (AvgIpc) is 2.75. The minimum atomic E-state index is -4.39. The molecule has 1 atom stereocenters. The zero-order chi connectivity index (χ0) is 14.0. The summed E-state index contributed by atoms with van der Waals surface area (Å²) in [5.41, 5.74) is -0.749. The summed E-state index contributed by atoms with van der Waals surface area (Å²) < 4.78 is 42.9. The van der Waals surface area contributed by atoms with Crippen molar-refractivity contribution in [2.45, 2.75) is 26.1 Å². The smallest absolute Gasteiger partial charge is 0.416 e. The molecule has 0 saturated heterocycles. The van der Waals surface area contributed by atoms with Crippen molar-refractivity contribution in [2.24, 2.45) is 0 Å². The molecule has 2 rings (SSSR count). The molecule has 0 saturated carbocycles. The lowest BCUT2D eigenvalue weighted by Gasteiger charge is -2.13. The number of rotatable bonds is 3. The molecule has 0 radical (unpaired) electrons. The lowest BCUT2D eigenvalue weighted by molar-refractivity contribution is -0.137. The second-order valence-electron chi connectivity index (χ2n) is 4.10. The summed E-state index contributed by atoms with van der Waals surface area (Å²) in [7, 11) is 0. The Morgan fingerprint density at radius 3 is 2.63 bits per heavy atom. The average molecular weight is 271 g/mol. The van der Waals surface area contributed by atoms with E-state index in [0.29, 0.717) is 11.7 Å². The minimum Gasteiger partial charge on any atom is -0.444 e. The van der Waals surface area contributed by atoms with Gasteiger partial charge in [-0.3, -0.25) is 0 Å². The number of pyridine rings is 1. The van der Waals surface area contributed by atoms with Gasteiger partial charge in [0.1, 0.15) is 17.6 Å². The Labute approximate surface area is 107 Å². The van der Waals surface area contributed by atoms with E-state index in [4.69, 9.17) is 4.42 Å². The first-order valence-electron chi connectivity index (χ1n) is 5.58. The Morgan fingerprint density at radius 1 is 1.32 bits per heavy atom. The molecule has 102 valence electrons. The van der Waals surface area contributed by atoms with Crippen molar-refractivity contribution < 1.29 is 17.6 Å². The fourth-order valence-corrected chi connectivity index (χ4v) is 1.54. The fraction of sp³-hybridized carbons (Fsp3) is 0.333. The second kappa shape index (κ2) is 4.91. The zero-order valence-corrected chi connectivity index (χ0v) is 10.3. The van der Waals surface area contributed by atoms with Crippen LogP contribution in [0.15, 0.2) is 28.9 Å². The van der Waals surface area contributed by atoms with E-state index < -0.39 is 11.7 Å². The Balaban J connectivity index is 2.15. The van der Waals surface area contributed by atoms with Crippen molar-refractivity contribution in [3.05, 3.63) is 41.7 Å². The van der Waals surface area contributed by atoms with Gasteiger partial charge in [0.2, 0.25) is 5.89 Å². The van der Waals surface area contributed by atoms with E-state index >= 15 is 0 Å². The van der Waals surface area contributed by atoms with E-state index in [1.807, 2.05) is 0 Å². The van der Waals surface area contributed by atoms with Crippen molar-refractivity contribution in [1.82, 2.24) is 9.97 Å². The van der Waals surface area contributed by atoms with Crippen molar-refractivity contribution >= 4 is 5.82 Å². The van der Waals surface area contributed by atoms with Crippen LogP contribution in [0.2, 0.25) is 0 Å². The highest BCUT2D eigenvalue weighted by Crippen LogP contribution is 2.30. The molecule has 1 unspecified atom stereocenters. The van der Waals surface area contributed by atoms with Gasteiger partial charge in [-0.1, -0.05) is 0 Å². The molecule has 0 aromatic carbocycles. The molecule has 2 heterocycles. The molecule has 2 aromatic heterocycles. The van der Waals surface area contributed by atoms with Crippen LogP contribution in [0.4, 0.5) is 19.0 Å². The molecule has 4 nitrogen and oxygen atoms in total. The van der Waals surface area contributed by atoms with Crippen LogP contribution in [0.25, 0.3) is 0 Å². The van der Waals surface area contributed by atoms with Gasteiger partial charge in [-0.25, -0.2) is 9.97 Å². The first kappa shape index (κ1) is 13.4. The number of anilines is 1. The van der Waals surface area contributed by atoms with E-state index in [-0.39, 0.29) is 11.9 Å². The Morgan fingerprint density at radius 2 is 2.05 bits per heavy atom. The van der Waals surface area contributed by atoms with Crippen LogP contribution < -0.4 is 5.32 Å². The standard InChI is InChI=1S/C12H12F3N3O/c1-7-6-17-11(19-7)8(2)18-10-5-9(3-4-16-10)12(13,14)15/h3-6,8H,1-2H3,(H,16,18). The van der Waals surface area contributed by atoms with Crippen LogP contribution in [0.5, 0.6) is 0 Å². The van der Waals surface area contributed by atoms with Crippen molar-refractivity contribution in [3.8, 4) is 0 Å².